The molecule has 0 saturated heterocycles. The van der Waals surface area contributed by atoms with Crippen molar-refractivity contribution in [2.75, 3.05) is 6.54 Å². The largest absolute Gasteiger partial charge is 0.409 e. The lowest BCUT2D eigenvalue weighted by molar-refractivity contribution is 0.307. The molecule has 1 aromatic rings. The average Bonchev–Trinajstić information content (AvgIpc) is 2.79. The van der Waals surface area contributed by atoms with Gasteiger partial charge in [0.25, 0.3) is 0 Å². The van der Waals surface area contributed by atoms with E-state index in [1.54, 1.807) is 25.3 Å². The summed E-state index contributed by atoms with van der Waals surface area (Å²) in [7, 11) is -3.52. The number of nitrogens with one attached hydrogen (secondary N) is 1. The third-order valence-electron chi connectivity index (χ3n) is 2.27. The van der Waals surface area contributed by atoms with Crippen molar-refractivity contribution in [2.45, 2.75) is 18.1 Å². The summed E-state index contributed by atoms with van der Waals surface area (Å²) in [6.45, 7) is 3.42. The van der Waals surface area contributed by atoms with Crippen molar-refractivity contribution in [2.24, 2.45) is 16.3 Å². The standard InChI is InChI=1S/C9H15N3O3S2/c1-9(2,8(10)12-13)6-11-17(14,15)7-4-3-5-16-7/h3-5,11,13H,6H2,1-2H3,(H2,10,12). The number of sulfonamides is 1. The molecule has 0 bridgehead atoms. The quantitative estimate of drug-likeness (QED) is 0.320. The van der Waals surface area contributed by atoms with E-state index in [2.05, 4.69) is 9.88 Å². The van der Waals surface area contributed by atoms with E-state index in [1.807, 2.05) is 0 Å². The van der Waals surface area contributed by atoms with E-state index in [0.717, 1.165) is 11.3 Å². The van der Waals surface area contributed by atoms with Gasteiger partial charge in [0, 0.05) is 12.0 Å². The van der Waals surface area contributed by atoms with Crippen LogP contribution >= 0.6 is 11.3 Å². The van der Waals surface area contributed by atoms with Gasteiger partial charge in [0.2, 0.25) is 10.0 Å². The molecule has 8 heteroatoms. The minimum atomic E-state index is -3.52. The summed E-state index contributed by atoms with van der Waals surface area (Å²) in [5, 5.41) is 13.1. The number of hydrogen-bond acceptors (Lipinski definition) is 5. The van der Waals surface area contributed by atoms with Gasteiger partial charge in [-0.25, -0.2) is 13.1 Å². The molecule has 0 atom stereocenters. The maximum Gasteiger partial charge on any atom is 0.250 e. The van der Waals surface area contributed by atoms with E-state index in [0.29, 0.717) is 0 Å². The van der Waals surface area contributed by atoms with Crippen LogP contribution in [0.25, 0.3) is 0 Å². The number of rotatable bonds is 5. The summed E-state index contributed by atoms with van der Waals surface area (Å²) in [4.78, 5) is 0. The highest BCUT2D eigenvalue weighted by Gasteiger charge is 2.26. The van der Waals surface area contributed by atoms with Crippen molar-refractivity contribution in [3.63, 3.8) is 0 Å². The molecule has 96 valence electrons. The molecule has 0 amide bonds. The van der Waals surface area contributed by atoms with Gasteiger partial charge in [-0.2, -0.15) is 0 Å². The number of amidine groups is 1. The first kappa shape index (κ1) is 13.9. The molecule has 1 heterocycles. The maximum atomic E-state index is 11.8. The van der Waals surface area contributed by atoms with Crippen LogP contribution in [-0.4, -0.2) is 26.0 Å². The molecule has 1 aromatic heterocycles. The topological polar surface area (TPSA) is 105 Å². The summed E-state index contributed by atoms with van der Waals surface area (Å²) in [6.07, 6.45) is 0. The Morgan fingerprint density at radius 3 is 2.76 bits per heavy atom. The van der Waals surface area contributed by atoms with Crippen LogP contribution in [0.2, 0.25) is 0 Å². The normalized spacial score (nSPS) is 13.9. The van der Waals surface area contributed by atoms with Gasteiger partial charge in [0.15, 0.2) is 0 Å². The Kier molecular flexibility index (Phi) is 4.12. The predicted octanol–water partition coefficient (Wildman–Crippen LogP) is 0.799. The molecule has 17 heavy (non-hydrogen) atoms. The minimum Gasteiger partial charge on any atom is -0.409 e. The fourth-order valence-corrected chi connectivity index (χ4v) is 3.24. The van der Waals surface area contributed by atoms with Crippen LogP contribution in [0, 0.1) is 5.41 Å². The summed E-state index contributed by atoms with van der Waals surface area (Å²) in [6, 6.07) is 3.18. The molecule has 4 N–H and O–H groups in total. The smallest absolute Gasteiger partial charge is 0.250 e. The molecule has 1 rings (SSSR count). The van der Waals surface area contributed by atoms with Crippen LogP contribution in [0.1, 0.15) is 13.8 Å². The number of thiophene rings is 1. The molecule has 0 radical (unpaired) electrons. The van der Waals surface area contributed by atoms with E-state index < -0.39 is 15.4 Å². The second-order valence-corrected chi connectivity index (χ2v) is 7.07. The summed E-state index contributed by atoms with van der Waals surface area (Å²) >= 11 is 1.13. The number of nitrogens with two attached hydrogens (primary N) is 1. The van der Waals surface area contributed by atoms with Crippen LogP contribution in [0.5, 0.6) is 0 Å². The Bertz CT molecular complexity index is 492. The van der Waals surface area contributed by atoms with Gasteiger partial charge in [-0.1, -0.05) is 25.1 Å². The van der Waals surface area contributed by atoms with Crippen LogP contribution in [0.3, 0.4) is 0 Å². The first-order chi connectivity index (χ1) is 7.79. The molecule has 0 aliphatic rings. The van der Waals surface area contributed by atoms with Crippen molar-refractivity contribution < 1.29 is 13.6 Å². The van der Waals surface area contributed by atoms with Gasteiger partial charge < -0.3 is 10.9 Å². The lowest BCUT2D eigenvalue weighted by Gasteiger charge is -2.22. The van der Waals surface area contributed by atoms with Crippen molar-refractivity contribution in [1.29, 1.82) is 0 Å². The summed E-state index contributed by atoms with van der Waals surface area (Å²) < 4.78 is 26.3. The summed E-state index contributed by atoms with van der Waals surface area (Å²) in [5.41, 5.74) is 4.72. The SMILES string of the molecule is CC(C)(CNS(=O)(=O)c1cccs1)/C(N)=N/O. The molecular formula is C9H15N3O3S2. The van der Waals surface area contributed by atoms with Crippen LogP contribution in [0.15, 0.2) is 26.9 Å². The first-order valence-corrected chi connectivity index (χ1v) is 7.17. The highest BCUT2D eigenvalue weighted by molar-refractivity contribution is 7.91. The second-order valence-electron chi connectivity index (χ2n) is 4.13. The van der Waals surface area contributed by atoms with Crippen molar-refractivity contribution in [3.8, 4) is 0 Å². The number of oxime groups is 1. The van der Waals surface area contributed by atoms with Gasteiger partial charge in [-0.3, -0.25) is 0 Å². The number of hydrogen-bond donors (Lipinski definition) is 3. The summed E-state index contributed by atoms with van der Waals surface area (Å²) in [5.74, 6) is -0.0219. The first-order valence-electron chi connectivity index (χ1n) is 4.81. The van der Waals surface area contributed by atoms with Crippen LogP contribution < -0.4 is 10.5 Å². The van der Waals surface area contributed by atoms with Gasteiger partial charge in [-0.05, 0) is 11.4 Å². The third kappa shape index (κ3) is 3.42. The van der Waals surface area contributed by atoms with Gasteiger partial charge in [0.1, 0.15) is 10.0 Å². The molecule has 0 aliphatic carbocycles. The van der Waals surface area contributed by atoms with Crippen molar-refractivity contribution >= 4 is 27.2 Å². The van der Waals surface area contributed by atoms with Crippen molar-refractivity contribution in [3.05, 3.63) is 17.5 Å². The lowest BCUT2D eigenvalue weighted by atomic mass is 9.93. The Morgan fingerprint density at radius 2 is 2.29 bits per heavy atom. The Balaban J connectivity index is 2.76. The van der Waals surface area contributed by atoms with Gasteiger partial charge >= 0.3 is 0 Å². The van der Waals surface area contributed by atoms with Gasteiger partial charge in [-0.15, -0.1) is 11.3 Å². The molecule has 0 unspecified atom stereocenters. The zero-order valence-corrected chi connectivity index (χ0v) is 11.2. The average molecular weight is 277 g/mol. The molecule has 0 spiro atoms. The molecule has 0 aromatic carbocycles. The monoisotopic (exact) mass is 277 g/mol. The molecule has 0 fully saturated rings. The van der Waals surface area contributed by atoms with E-state index >= 15 is 0 Å². The fourth-order valence-electron chi connectivity index (χ4n) is 0.989. The zero-order chi connectivity index (χ0) is 13.1. The number of nitrogens with zero attached hydrogens (tertiary/aromatic N) is 1. The van der Waals surface area contributed by atoms with E-state index in [-0.39, 0.29) is 16.6 Å². The molecule has 0 saturated carbocycles. The Morgan fingerprint density at radius 1 is 1.65 bits per heavy atom. The molecular weight excluding hydrogens is 262 g/mol. The molecule has 6 nitrogen and oxygen atoms in total. The Labute approximate surface area is 104 Å². The fraction of sp³-hybridized carbons (Fsp3) is 0.444. The third-order valence-corrected chi connectivity index (χ3v) is 5.06. The zero-order valence-electron chi connectivity index (χ0n) is 9.54. The second kappa shape index (κ2) is 5.03. The van der Waals surface area contributed by atoms with E-state index in [4.69, 9.17) is 10.9 Å². The molecule has 0 aliphatic heterocycles. The lowest BCUT2D eigenvalue weighted by Crippen LogP contribution is -2.42. The highest BCUT2D eigenvalue weighted by Crippen LogP contribution is 2.18. The maximum absolute atomic E-state index is 11.8. The van der Waals surface area contributed by atoms with E-state index in [9.17, 15) is 8.42 Å². The van der Waals surface area contributed by atoms with Crippen LogP contribution in [-0.2, 0) is 10.0 Å². The highest BCUT2D eigenvalue weighted by atomic mass is 32.2. The van der Waals surface area contributed by atoms with Gasteiger partial charge in [0.05, 0.1) is 0 Å². The predicted molar refractivity (Wildman–Crippen MR) is 66.7 cm³/mol. The minimum absolute atomic E-state index is 0.0219. The van der Waals surface area contributed by atoms with Crippen molar-refractivity contribution in [1.82, 2.24) is 4.72 Å². The van der Waals surface area contributed by atoms with E-state index in [1.165, 1.54) is 6.07 Å². The van der Waals surface area contributed by atoms with Crippen LogP contribution in [0.4, 0.5) is 0 Å². The Hall–Kier alpha value is -1.12.